The monoisotopic (exact) mass is 1300 g/mol. The molecule has 0 bridgehead atoms. The molecular formula is C72H114N6O12. The van der Waals surface area contributed by atoms with Crippen LogP contribution in [0.15, 0.2) is 36.3 Å². The van der Waals surface area contributed by atoms with E-state index in [1.54, 1.807) is 0 Å². The van der Waals surface area contributed by atoms with Crippen molar-refractivity contribution in [2.45, 2.75) is 195 Å². The van der Waals surface area contributed by atoms with Crippen LogP contribution in [0.1, 0.15) is 238 Å². The zero-order chi connectivity index (χ0) is 108. The van der Waals surface area contributed by atoms with E-state index in [1.165, 1.54) is 48.7 Å². The predicted octanol–water partition coefficient (Wildman–Crippen LogP) is 10.7. The van der Waals surface area contributed by atoms with Gasteiger partial charge in [0, 0.05) is 139 Å². The van der Waals surface area contributed by atoms with Gasteiger partial charge >= 0.3 is 17.9 Å². The van der Waals surface area contributed by atoms with Gasteiger partial charge < -0.3 is 59.8 Å². The first-order valence-electron chi connectivity index (χ1n) is 52.6. The lowest BCUT2D eigenvalue weighted by Crippen LogP contribution is -2.51. The van der Waals surface area contributed by atoms with Crippen molar-refractivity contribution >= 4 is 17.9 Å². The number of esters is 3. The first-order valence-corrected chi connectivity index (χ1v) is 28.6. The molecule has 6 aliphatic rings. The van der Waals surface area contributed by atoms with Crippen molar-refractivity contribution < 1.29 is 123 Å². The zero-order valence-corrected chi connectivity index (χ0v) is 52.4. The van der Waals surface area contributed by atoms with E-state index in [0.717, 1.165) is 21.3 Å². The van der Waals surface area contributed by atoms with Crippen molar-refractivity contribution in [3.63, 3.8) is 0 Å². The third-order valence-corrected chi connectivity index (χ3v) is 14.5. The van der Waals surface area contributed by atoms with E-state index in [0.29, 0.717) is 35.5 Å². The van der Waals surface area contributed by atoms with Gasteiger partial charge in [0.05, 0.1) is 63.1 Å². The second-order valence-corrected chi connectivity index (χ2v) is 22.2. The summed E-state index contributed by atoms with van der Waals surface area (Å²) < 4.78 is 462. The molecule has 18 nitrogen and oxygen atoms in total. The molecular weight excluding hydrogens is 1140 g/mol. The maximum atomic E-state index is 13.3. The summed E-state index contributed by atoms with van der Waals surface area (Å²) in [4.78, 5) is 41.8. The fourth-order valence-electron chi connectivity index (χ4n) is 9.47. The lowest BCUT2D eigenvalue weighted by molar-refractivity contribution is -0.161. The summed E-state index contributed by atoms with van der Waals surface area (Å²) in [6, 6.07) is -15.1. The first-order chi connectivity index (χ1) is 61.3. The van der Waals surface area contributed by atoms with Crippen LogP contribution in [0.5, 0.6) is 34.5 Å². The fraction of sp³-hybridized carbons (Fsp3) is 0.708. The summed E-state index contributed by atoms with van der Waals surface area (Å²) >= 11 is 0. The minimum atomic E-state index is -4.07. The van der Waals surface area contributed by atoms with Gasteiger partial charge in [-0.1, -0.05) is 82.9 Å². The molecule has 15 atom stereocenters. The molecule has 3 aromatic carbocycles. The Morgan fingerprint density at radius 1 is 0.489 bits per heavy atom. The van der Waals surface area contributed by atoms with Crippen molar-refractivity contribution in [3.05, 3.63) is 69.6 Å². The lowest BCUT2D eigenvalue weighted by Gasteiger charge is -2.47. The fourth-order valence-corrected chi connectivity index (χ4v) is 9.47. The van der Waals surface area contributed by atoms with Crippen LogP contribution in [0.3, 0.4) is 0 Å². The number of ether oxygens (including phenoxy) is 9. The molecule has 0 radical (unpaired) electrons. The average Bonchev–Trinajstić information content (AvgIpc) is 0.658. The molecule has 0 spiro atoms. The third-order valence-electron chi connectivity index (χ3n) is 14.5. The smallest absolute Gasteiger partial charge is 0.323 e. The van der Waals surface area contributed by atoms with E-state index in [1.807, 2.05) is 0 Å². The van der Waals surface area contributed by atoms with E-state index in [-0.39, 0.29) is 46.2 Å². The number of carbonyl (C=O) groups is 3. The van der Waals surface area contributed by atoms with Crippen LogP contribution < -0.4 is 45.6 Å². The van der Waals surface area contributed by atoms with Crippen molar-refractivity contribution in [2.75, 3.05) is 81.6 Å². The van der Waals surface area contributed by atoms with Gasteiger partial charge in [0.2, 0.25) is 0 Å². The van der Waals surface area contributed by atoms with E-state index in [9.17, 15) is 39.1 Å². The number of nitrogens with zero attached hydrogens (tertiary/aromatic N) is 3. The van der Waals surface area contributed by atoms with Crippen LogP contribution in [0, 0.1) is 53.1 Å². The van der Waals surface area contributed by atoms with Gasteiger partial charge in [-0.25, -0.2) is 0 Å². The van der Waals surface area contributed by atoms with Crippen molar-refractivity contribution in [3.8, 4) is 34.5 Å². The number of nitrogens with two attached hydrogens (primary N) is 3. The van der Waals surface area contributed by atoms with Crippen molar-refractivity contribution in [2.24, 2.45) is 70.3 Å². The van der Waals surface area contributed by atoms with E-state index >= 15 is 0 Å². The number of piperidine rings is 3. The van der Waals surface area contributed by atoms with Crippen LogP contribution in [0.4, 0.5) is 0 Å². The van der Waals surface area contributed by atoms with Crippen LogP contribution in [0.2, 0.25) is 0 Å². The lowest BCUT2D eigenvalue weighted by atomic mass is 9.79. The summed E-state index contributed by atoms with van der Waals surface area (Å²) in [7, 11) is -1.86. The highest BCUT2D eigenvalue weighted by molar-refractivity contribution is 5.77. The molecule has 12 unspecified atom stereocenters. The summed E-state index contributed by atoms with van der Waals surface area (Å²) in [5.41, 5.74) is 15.9. The van der Waals surface area contributed by atoms with Gasteiger partial charge in [-0.3, -0.25) is 29.1 Å². The number of hydrogen-bond acceptors (Lipinski definition) is 18. The number of rotatable bonds is 21. The SMILES string of the molecule is [2H]c1c2c(c([2H])c(OC)c1OC([2H])([2H])[2H])C1N(CC2)C([2H])([2H])C([2H])(C([2H])([2H])C([2H])(C)C([2H])([2H])[2H])C([2H])(OC(=O)[C@@H](N)C(C)C)C1([2H])[2H].[2H]c1c2c(c([2H])c(OC)c1OC([2H])([2H])[2H])C1N(CC2)C([2H])([2H])C([2H])(C([2H])([2H])C([2H])(C)C([2H])([2H])[2H])C([2H])(OC(=O)[C@@H](N)C(C)C)C1([2H])[2H].[2H]c1c2c(c([2H])c(OC)c1OC)C1N(CC2)C([2H])([2H])C([2H])(C([2H])([2H])C([2H])(C)C([2H])([2H])[2H])C([2H])(OC(=O)[C@@H](N)C(C)C)C1([2H])[2H]. The number of hydrogen-bond donors (Lipinski definition) is 3. The van der Waals surface area contributed by atoms with Crippen molar-refractivity contribution in [1.29, 1.82) is 0 Å². The Balaban J connectivity index is 0.000000282. The Bertz CT molecular complexity index is 4910. The highest BCUT2D eigenvalue weighted by Crippen LogP contribution is 2.48. The molecule has 0 aromatic heterocycles. The number of methoxy groups -OCH3 is 6. The summed E-state index contributed by atoms with van der Waals surface area (Å²) in [5, 5.41) is 0. The molecule has 18 heteroatoms. The molecule has 3 saturated heterocycles. The second-order valence-electron chi connectivity index (χ2n) is 22.2. The summed E-state index contributed by atoms with van der Waals surface area (Å²) in [5.74, 6) is -32.3. The Kier molecular flexibility index (Phi) is 11.1. The van der Waals surface area contributed by atoms with Gasteiger partial charge in [-0.15, -0.1) is 0 Å². The molecule has 3 aromatic rings. The van der Waals surface area contributed by atoms with Crippen LogP contribution in [-0.2, 0) is 47.9 Å². The van der Waals surface area contributed by atoms with Gasteiger partial charge in [0.1, 0.15) is 36.4 Å². The molecule has 504 valence electrons. The molecule has 0 saturated carbocycles. The Labute approximate surface area is 606 Å². The topological polar surface area (TPSA) is 222 Å². The largest absolute Gasteiger partial charge is 0.493 e. The minimum Gasteiger partial charge on any atom is -0.493 e. The number of fused-ring (bicyclic) bond motifs is 9. The molecule has 0 amide bonds. The zero-order valence-electron chi connectivity index (χ0n) is 100. The Morgan fingerprint density at radius 3 is 0.978 bits per heavy atom. The first kappa shape index (κ1) is 30.8. The Hall–Kier alpha value is -5.37. The maximum absolute atomic E-state index is 13.3. The average molecular weight is 1300 g/mol. The van der Waals surface area contributed by atoms with E-state index < -0.39 is 315 Å². The predicted molar refractivity (Wildman–Crippen MR) is 353 cm³/mol. The normalized spacial score (nSPS) is 44.1. The highest BCUT2D eigenvalue weighted by atomic mass is 16.6. The molecule has 3 fully saturated rings. The summed E-state index contributed by atoms with van der Waals surface area (Å²) in [6.45, 7) is -12.9. The summed E-state index contributed by atoms with van der Waals surface area (Å²) in [6.07, 6.45) is -35.8. The van der Waals surface area contributed by atoms with E-state index in [2.05, 4.69) is 0 Å². The quantitative estimate of drug-likeness (QED) is 0.0666. The minimum absolute atomic E-state index is 0.0226. The number of carbonyl (C=O) groups excluding carboxylic acids is 3. The van der Waals surface area contributed by atoms with Gasteiger partial charge in [0.25, 0.3) is 0 Å². The molecule has 6 aliphatic heterocycles. The van der Waals surface area contributed by atoms with E-state index in [4.69, 9.17) is 101 Å². The maximum Gasteiger partial charge on any atom is 0.323 e. The van der Waals surface area contributed by atoms with Gasteiger partial charge in [-0.05, 0) is 143 Å². The molecule has 90 heavy (non-hydrogen) atoms. The van der Waals surface area contributed by atoms with Gasteiger partial charge in [0.15, 0.2) is 34.5 Å². The standard InChI is InChI=1S/3C24H38N2O4/c3*1-14(2)9-17-13-26-8-7-16-10-21(28-5)22(29-6)11-18(16)19(26)12-20(17)30-24(27)23(25)15(3)4/h3*10-11,14-15,17,19-20,23H,7-9,12-13,25H2,1-6H3/t3*17?,19?,20?,23-/m000/s1/i2*1D3,5D3,9D2,10D,11D,12D2,13D2,14D,17D,20D;1D3,9D2,10D,11D,12D2,13D2,14D,17D,20D/t3*14?,17?,19?,20?,23-. The Morgan fingerprint density at radius 2 is 0.744 bits per heavy atom. The van der Waals surface area contributed by atoms with Crippen LogP contribution >= 0.6 is 0 Å². The molecule has 0 aliphatic carbocycles. The molecule has 9 rings (SSSR count). The third kappa shape index (κ3) is 17.5. The van der Waals surface area contributed by atoms with Crippen LogP contribution in [-0.4, -0.2) is 151 Å². The van der Waals surface area contributed by atoms with Gasteiger partial charge in [-0.2, -0.15) is 0 Å². The molecule has 6 heterocycles. The van der Waals surface area contributed by atoms with Crippen molar-refractivity contribution in [1.82, 2.24) is 14.7 Å². The number of benzene rings is 3. The molecule has 6 N–H and O–H groups in total. The second kappa shape index (κ2) is 32.5. The highest BCUT2D eigenvalue weighted by Gasteiger charge is 2.45. The van der Waals surface area contributed by atoms with Crippen LogP contribution in [0.25, 0.3) is 0 Å².